The zero-order valence-electron chi connectivity index (χ0n) is 12.8. The summed E-state index contributed by atoms with van der Waals surface area (Å²) in [5, 5.41) is 6.17. The first-order valence-electron chi connectivity index (χ1n) is 7.65. The molecule has 2 atom stereocenters. The SMILES string of the molecule is CCC1CCCCN1CCNC(=O)C1CNCCO1.Cl.Cl. The Balaban J connectivity index is 0.00000200. The predicted molar refractivity (Wildman–Crippen MR) is 89.6 cm³/mol. The molecule has 0 aliphatic carbocycles. The van der Waals surface area contributed by atoms with Gasteiger partial charge in [0.1, 0.15) is 6.10 Å². The molecule has 2 unspecified atom stereocenters. The van der Waals surface area contributed by atoms with Gasteiger partial charge in [-0.2, -0.15) is 0 Å². The van der Waals surface area contributed by atoms with Gasteiger partial charge in [0.25, 0.3) is 5.91 Å². The van der Waals surface area contributed by atoms with E-state index in [-0.39, 0.29) is 36.8 Å². The van der Waals surface area contributed by atoms with Crippen LogP contribution in [-0.2, 0) is 9.53 Å². The first-order valence-corrected chi connectivity index (χ1v) is 7.65. The molecule has 0 bridgehead atoms. The predicted octanol–water partition coefficient (Wildman–Crippen LogP) is 1.20. The molecule has 5 nitrogen and oxygen atoms in total. The van der Waals surface area contributed by atoms with Gasteiger partial charge in [0, 0.05) is 32.2 Å². The summed E-state index contributed by atoms with van der Waals surface area (Å²) in [6, 6.07) is 0.707. The van der Waals surface area contributed by atoms with Gasteiger partial charge in [-0.05, 0) is 25.8 Å². The number of nitrogens with zero attached hydrogens (tertiary/aromatic N) is 1. The molecule has 7 heteroatoms. The fourth-order valence-corrected chi connectivity index (χ4v) is 2.99. The van der Waals surface area contributed by atoms with Crippen LogP contribution in [0.4, 0.5) is 0 Å². The lowest BCUT2D eigenvalue weighted by atomic mass is 10.0. The molecular formula is C14H29Cl2N3O2. The largest absolute Gasteiger partial charge is 0.366 e. The number of halogens is 2. The Labute approximate surface area is 140 Å². The van der Waals surface area contributed by atoms with Gasteiger partial charge in [-0.1, -0.05) is 13.3 Å². The molecule has 2 aliphatic rings. The molecule has 0 aromatic rings. The number of hydrogen-bond donors (Lipinski definition) is 2. The van der Waals surface area contributed by atoms with Crippen LogP contribution in [0, 0.1) is 0 Å². The molecular weight excluding hydrogens is 313 g/mol. The number of carbonyl (C=O) groups is 1. The van der Waals surface area contributed by atoms with E-state index in [1.54, 1.807) is 0 Å². The van der Waals surface area contributed by atoms with E-state index in [9.17, 15) is 4.79 Å². The maximum absolute atomic E-state index is 11.9. The molecule has 2 rings (SSSR count). The first kappa shape index (κ1) is 20.9. The molecule has 2 saturated heterocycles. The Kier molecular flexibility index (Phi) is 11.5. The number of amides is 1. The van der Waals surface area contributed by atoms with Gasteiger partial charge >= 0.3 is 0 Å². The van der Waals surface area contributed by atoms with Crippen LogP contribution in [0.1, 0.15) is 32.6 Å². The highest BCUT2D eigenvalue weighted by Gasteiger charge is 2.23. The average Bonchev–Trinajstić information content (AvgIpc) is 2.48. The van der Waals surface area contributed by atoms with Crippen molar-refractivity contribution in [3.63, 3.8) is 0 Å². The number of hydrogen-bond acceptors (Lipinski definition) is 4. The number of carbonyl (C=O) groups excluding carboxylic acids is 1. The van der Waals surface area contributed by atoms with Crippen molar-refractivity contribution < 1.29 is 9.53 Å². The Morgan fingerprint density at radius 1 is 1.38 bits per heavy atom. The van der Waals surface area contributed by atoms with Crippen LogP contribution in [0.25, 0.3) is 0 Å². The molecule has 0 aromatic carbocycles. The Morgan fingerprint density at radius 2 is 2.19 bits per heavy atom. The maximum Gasteiger partial charge on any atom is 0.250 e. The lowest BCUT2D eigenvalue weighted by molar-refractivity contribution is -0.134. The second-order valence-electron chi connectivity index (χ2n) is 5.45. The van der Waals surface area contributed by atoms with E-state index in [2.05, 4.69) is 22.5 Å². The van der Waals surface area contributed by atoms with Crippen LogP contribution in [0.3, 0.4) is 0 Å². The lowest BCUT2D eigenvalue weighted by Gasteiger charge is -2.35. The van der Waals surface area contributed by atoms with Crippen LogP contribution < -0.4 is 10.6 Å². The monoisotopic (exact) mass is 341 g/mol. The minimum absolute atomic E-state index is 0. The molecule has 1 amide bonds. The van der Waals surface area contributed by atoms with E-state index < -0.39 is 0 Å². The third-order valence-electron chi connectivity index (χ3n) is 4.14. The van der Waals surface area contributed by atoms with Gasteiger partial charge < -0.3 is 15.4 Å². The van der Waals surface area contributed by atoms with Gasteiger partial charge in [-0.25, -0.2) is 0 Å². The third kappa shape index (κ3) is 6.70. The van der Waals surface area contributed by atoms with Crippen molar-refractivity contribution in [2.75, 3.05) is 39.3 Å². The fourth-order valence-electron chi connectivity index (χ4n) is 2.99. The first-order chi connectivity index (χ1) is 9.31. The summed E-state index contributed by atoms with van der Waals surface area (Å²) in [6.07, 6.45) is 4.85. The summed E-state index contributed by atoms with van der Waals surface area (Å²) in [7, 11) is 0. The van der Waals surface area contributed by atoms with Crippen molar-refractivity contribution in [2.45, 2.75) is 44.8 Å². The molecule has 2 N–H and O–H groups in total. The molecule has 0 spiro atoms. The Bertz CT molecular complexity index is 289. The normalized spacial score (nSPS) is 26.3. The molecule has 21 heavy (non-hydrogen) atoms. The summed E-state index contributed by atoms with van der Waals surface area (Å²) in [4.78, 5) is 14.4. The minimum atomic E-state index is -0.308. The van der Waals surface area contributed by atoms with E-state index in [0.29, 0.717) is 19.2 Å². The Hall–Kier alpha value is -0.0700. The standard InChI is InChI=1S/C14H27N3O2.2ClH/c1-2-12-5-3-4-8-17(12)9-6-16-14(18)13-11-15-7-10-19-13;;/h12-13,15H,2-11H2,1H3,(H,16,18);2*1H. The lowest BCUT2D eigenvalue weighted by Crippen LogP contribution is -2.50. The van der Waals surface area contributed by atoms with Crippen molar-refractivity contribution in [1.82, 2.24) is 15.5 Å². The van der Waals surface area contributed by atoms with Crippen molar-refractivity contribution in [2.24, 2.45) is 0 Å². The van der Waals surface area contributed by atoms with E-state index in [4.69, 9.17) is 4.74 Å². The summed E-state index contributed by atoms with van der Waals surface area (Å²) in [5.41, 5.74) is 0. The highest BCUT2D eigenvalue weighted by atomic mass is 35.5. The highest BCUT2D eigenvalue weighted by molar-refractivity contribution is 5.85. The average molecular weight is 342 g/mol. The van der Waals surface area contributed by atoms with Gasteiger partial charge in [-0.3, -0.25) is 9.69 Å². The van der Waals surface area contributed by atoms with Crippen molar-refractivity contribution in [1.29, 1.82) is 0 Å². The van der Waals surface area contributed by atoms with Crippen LogP contribution in [0.2, 0.25) is 0 Å². The molecule has 0 aromatic heterocycles. The second-order valence-corrected chi connectivity index (χ2v) is 5.45. The molecule has 2 fully saturated rings. The van der Waals surface area contributed by atoms with Gasteiger partial charge in [0.05, 0.1) is 6.61 Å². The quantitative estimate of drug-likeness (QED) is 0.788. The topological polar surface area (TPSA) is 53.6 Å². The zero-order chi connectivity index (χ0) is 13.5. The highest BCUT2D eigenvalue weighted by Crippen LogP contribution is 2.18. The van der Waals surface area contributed by atoms with Gasteiger partial charge in [-0.15, -0.1) is 24.8 Å². The van der Waals surface area contributed by atoms with Crippen LogP contribution in [0.15, 0.2) is 0 Å². The molecule has 2 aliphatic heterocycles. The van der Waals surface area contributed by atoms with Gasteiger partial charge in [0.2, 0.25) is 0 Å². The number of likely N-dealkylation sites (tertiary alicyclic amines) is 1. The minimum Gasteiger partial charge on any atom is -0.366 e. The van der Waals surface area contributed by atoms with Gasteiger partial charge in [0.15, 0.2) is 0 Å². The zero-order valence-corrected chi connectivity index (χ0v) is 14.4. The number of ether oxygens (including phenoxy) is 1. The van der Waals surface area contributed by atoms with E-state index in [1.165, 1.54) is 32.2 Å². The number of rotatable bonds is 5. The molecule has 126 valence electrons. The van der Waals surface area contributed by atoms with E-state index >= 15 is 0 Å². The van der Waals surface area contributed by atoms with E-state index in [1.807, 2.05) is 0 Å². The summed E-state index contributed by atoms with van der Waals surface area (Å²) in [6.45, 7) is 7.23. The summed E-state index contributed by atoms with van der Waals surface area (Å²) in [5.74, 6) is 0.0252. The molecule has 2 heterocycles. The molecule has 0 radical (unpaired) electrons. The van der Waals surface area contributed by atoms with Crippen molar-refractivity contribution in [3.8, 4) is 0 Å². The maximum atomic E-state index is 11.9. The Morgan fingerprint density at radius 3 is 2.86 bits per heavy atom. The second kappa shape index (κ2) is 11.5. The number of nitrogens with one attached hydrogen (secondary N) is 2. The van der Waals surface area contributed by atoms with Crippen LogP contribution >= 0.6 is 24.8 Å². The summed E-state index contributed by atoms with van der Waals surface area (Å²) >= 11 is 0. The van der Waals surface area contributed by atoms with E-state index in [0.717, 1.165) is 19.6 Å². The molecule has 0 saturated carbocycles. The van der Waals surface area contributed by atoms with Crippen molar-refractivity contribution >= 4 is 30.7 Å². The number of piperidine rings is 1. The van der Waals surface area contributed by atoms with Crippen LogP contribution in [-0.4, -0.2) is 62.3 Å². The third-order valence-corrected chi connectivity index (χ3v) is 4.14. The van der Waals surface area contributed by atoms with Crippen LogP contribution in [0.5, 0.6) is 0 Å². The summed E-state index contributed by atoms with van der Waals surface area (Å²) < 4.78 is 5.44. The smallest absolute Gasteiger partial charge is 0.250 e. The fraction of sp³-hybridized carbons (Fsp3) is 0.929. The van der Waals surface area contributed by atoms with Crippen molar-refractivity contribution in [3.05, 3.63) is 0 Å². The number of morpholine rings is 1.